The number of methoxy groups -OCH3 is 1. The van der Waals surface area contributed by atoms with Gasteiger partial charge >= 0.3 is 0 Å². The molecule has 0 spiro atoms. The van der Waals surface area contributed by atoms with Crippen molar-refractivity contribution in [1.82, 2.24) is 0 Å². The fourth-order valence-corrected chi connectivity index (χ4v) is 1.06. The maximum atomic E-state index is 8.46. The van der Waals surface area contributed by atoms with Gasteiger partial charge in [0.15, 0.2) is 0 Å². The molecule has 0 bridgehead atoms. The lowest BCUT2D eigenvalue weighted by Crippen LogP contribution is -1.76. The Balaban J connectivity index is 2.99. The lowest BCUT2D eigenvalue weighted by molar-refractivity contribution is 0.336. The summed E-state index contributed by atoms with van der Waals surface area (Å²) in [5.41, 5.74) is 0. The number of hydrogen-bond donors (Lipinski definition) is 1. The van der Waals surface area contributed by atoms with Crippen LogP contribution in [0.25, 0.3) is 0 Å². The van der Waals surface area contributed by atoms with Crippen LogP contribution in [0.3, 0.4) is 0 Å². The maximum Gasteiger partial charge on any atom is 0.0784 e. The van der Waals surface area contributed by atoms with Crippen LogP contribution in [0.1, 0.15) is 32.1 Å². The second kappa shape index (κ2) is 11.2. The first-order chi connectivity index (χ1) is 6.41. The normalized spacial score (nSPS) is 11.5. The molecule has 0 aliphatic heterocycles. The second-order valence-corrected chi connectivity index (χ2v) is 2.90. The lowest BCUT2D eigenvalue weighted by atomic mass is 10.1. The summed E-state index contributed by atoms with van der Waals surface area (Å²) in [6, 6.07) is 0. The Bertz CT molecular complexity index is 123. The number of unbranched alkanes of at least 4 members (excludes halogenated alkanes) is 4. The van der Waals surface area contributed by atoms with Crippen LogP contribution in [0, 0.1) is 0 Å². The molecule has 0 radical (unpaired) electrons. The van der Waals surface area contributed by atoms with Gasteiger partial charge in [0.25, 0.3) is 0 Å². The van der Waals surface area contributed by atoms with Gasteiger partial charge in [-0.2, -0.15) is 0 Å². The molecule has 0 fully saturated rings. The van der Waals surface area contributed by atoms with Gasteiger partial charge in [0.1, 0.15) is 0 Å². The summed E-state index contributed by atoms with van der Waals surface area (Å²) in [5, 5.41) is 8.46. The topological polar surface area (TPSA) is 29.5 Å². The SMILES string of the molecule is CO/C=C/CCCCC/C=C/CO. The quantitative estimate of drug-likeness (QED) is 0.357. The molecule has 76 valence electrons. The van der Waals surface area contributed by atoms with Crippen molar-refractivity contribution in [2.45, 2.75) is 32.1 Å². The van der Waals surface area contributed by atoms with Gasteiger partial charge in [-0.05, 0) is 31.8 Å². The minimum atomic E-state index is 0.163. The molecule has 0 aromatic heterocycles. The molecule has 0 saturated carbocycles. The van der Waals surface area contributed by atoms with Crippen LogP contribution in [-0.4, -0.2) is 18.8 Å². The molecule has 0 aliphatic rings. The van der Waals surface area contributed by atoms with Crippen LogP contribution in [0.5, 0.6) is 0 Å². The van der Waals surface area contributed by atoms with E-state index < -0.39 is 0 Å². The average Bonchev–Trinajstić information content (AvgIpc) is 2.16. The molecule has 0 saturated heterocycles. The molecular formula is C11H20O2. The van der Waals surface area contributed by atoms with E-state index in [0.717, 1.165) is 12.8 Å². The van der Waals surface area contributed by atoms with Gasteiger partial charge in [-0.3, -0.25) is 0 Å². The number of aliphatic hydroxyl groups is 1. The summed E-state index contributed by atoms with van der Waals surface area (Å²) in [4.78, 5) is 0. The van der Waals surface area contributed by atoms with Gasteiger partial charge in [-0.25, -0.2) is 0 Å². The molecule has 0 aromatic carbocycles. The fourth-order valence-electron chi connectivity index (χ4n) is 1.06. The maximum absolute atomic E-state index is 8.46. The third-order valence-corrected chi connectivity index (χ3v) is 1.75. The first-order valence-electron chi connectivity index (χ1n) is 4.85. The lowest BCUT2D eigenvalue weighted by Gasteiger charge is -1.94. The number of allylic oxidation sites excluding steroid dienone is 2. The van der Waals surface area contributed by atoms with Gasteiger partial charge in [0, 0.05) is 0 Å². The zero-order valence-electron chi connectivity index (χ0n) is 8.41. The van der Waals surface area contributed by atoms with Crippen molar-refractivity contribution in [2.24, 2.45) is 0 Å². The number of aliphatic hydroxyl groups excluding tert-OH is 1. The van der Waals surface area contributed by atoms with Gasteiger partial charge in [0.05, 0.1) is 20.0 Å². The highest BCUT2D eigenvalue weighted by Gasteiger charge is 1.85. The third-order valence-electron chi connectivity index (χ3n) is 1.75. The number of rotatable bonds is 8. The predicted molar refractivity (Wildman–Crippen MR) is 55.5 cm³/mol. The van der Waals surface area contributed by atoms with E-state index in [1.807, 2.05) is 12.2 Å². The summed E-state index contributed by atoms with van der Waals surface area (Å²) in [6.45, 7) is 0.163. The molecule has 0 aromatic rings. The van der Waals surface area contributed by atoms with Crippen molar-refractivity contribution in [2.75, 3.05) is 13.7 Å². The fraction of sp³-hybridized carbons (Fsp3) is 0.636. The highest BCUT2D eigenvalue weighted by molar-refractivity contribution is 4.80. The van der Waals surface area contributed by atoms with Crippen molar-refractivity contribution < 1.29 is 9.84 Å². The second-order valence-electron chi connectivity index (χ2n) is 2.90. The molecule has 1 N–H and O–H groups in total. The molecule has 0 unspecified atom stereocenters. The number of ether oxygens (including phenoxy) is 1. The molecular weight excluding hydrogens is 164 g/mol. The van der Waals surface area contributed by atoms with Gasteiger partial charge in [0.2, 0.25) is 0 Å². The third kappa shape index (κ3) is 11.2. The van der Waals surface area contributed by atoms with E-state index in [2.05, 4.69) is 0 Å². The molecule has 0 aliphatic carbocycles. The van der Waals surface area contributed by atoms with Crippen molar-refractivity contribution in [1.29, 1.82) is 0 Å². The highest BCUT2D eigenvalue weighted by atomic mass is 16.5. The van der Waals surface area contributed by atoms with Crippen molar-refractivity contribution in [3.63, 3.8) is 0 Å². The molecule has 2 heteroatoms. The van der Waals surface area contributed by atoms with E-state index >= 15 is 0 Å². The van der Waals surface area contributed by atoms with Crippen LogP contribution in [0.2, 0.25) is 0 Å². The smallest absolute Gasteiger partial charge is 0.0784 e. The van der Waals surface area contributed by atoms with Crippen LogP contribution in [0.4, 0.5) is 0 Å². The van der Waals surface area contributed by atoms with Crippen LogP contribution < -0.4 is 0 Å². The Morgan fingerprint density at radius 1 is 1.00 bits per heavy atom. The minimum Gasteiger partial charge on any atom is -0.505 e. The van der Waals surface area contributed by atoms with Crippen molar-refractivity contribution in [3.8, 4) is 0 Å². The van der Waals surface area contributed by atoms with Gasteiger partial charge < -0.3 is 9.84 Å². The summed E-state index contributed by atoms with van der Waals surface area (Å²) >= 11 is 0. The number of hydrogen-bond acceptors (Lipinski definition) is 2. The minimum absolute atomic E-state index is 0.163. The van der Waals surface area contributed by atoms with Gasteiger partial charge in [-0.1, -0.05) is 18.6 Å². The Morgan fingerprint density at radius 3 is 2.31 bits per heavy atom. The molecule has 13 heavy (non-hydrogen) atoms. The van der Waals surface area contributed by atoms with Crippen molar-refractivity contribution in [3.05, 3.63) is 24.5 Å². The predicted octanol–water partition coefficient (Wildman–Crippen LogP) is 2.65. The van der Waals surface area contributed by atoms with E-state index in [9.17, 15) is 0 Å². The standard InChI is InChI=1S/C11H20O2/c1-13-11-9-7-5-3-2-4-6-8-10-12/h6,8-9,11-12H,2-5,7,10H2,1H3/b8-6+,11-9+. The summed E-state index contributed by atoms with van der Waals surface area (Å²) < 4.78 is 4.78. The molecule has 0 amide bonds. The first-order valence-corrected chi connectivity index (χ1v) is 4.85. The Hall–Kier alpha value is -0.760. The van der Waals surface area contributed by atoms with Crippen molar-refractivity contribution >= 4 is 0 Å². The zero-order chi connectivity index (χ0) is 9.78. The van der Waals surface area contributed by atoms with E-state index in [-0.39, 0.29) is 6.61 Å². The van der Waals surface area contributed by atoms with Crippen LogP contribution in [0.15, 0.2) is 24.5 Å². The van der Waals surface area contributed by atoms with Gasteiger partial charge in [-0.15, -0.1) is 0 Å². The largest absolute Gasteiger partial charge is 0.505 e. The first kappa shape index (κ1) is 12.2. The highest BCUT2D eigenvalue weighted by Crippen LogP contribution is 2.04. The Morgan fingerprint density at radius 2 is 1.69 bits per heavy atom. The zero-order valence-corrected chi connectivity index (χ0v) is 8.41. The average molecular weight is 184 g/mol. The molecule has 2 nitrogen and oxygen atoms in total. The van der Waals surface area contributed by atoms with E-state index in [1.165, 1.54) is 19.3 Å². The monoisotopic (exact) mass is 184 g/mol. The van der Waals surface area contributed by atoms with Crippen LogP contribution >= 0.6 is 0 Å². The molecule has 0 atom stereocenters. The van der Waals surface area contributed by atoms with E-state index in [4.69, 9.17) is 9.84 Å². The van der Waals surface area contributed by atoms with E-state index in [0.29, 0.717) is 0 Å². The van der Waals surface area contributed by atoms with E-state index in [1.54, 1.807) is 19.4 Å². The van der Waals surface area contributed by atoms with Crippen LogP contribution in [-0.2, 0) is 4.74 Å². The Kier molecular flexibility index (Phi) is 10.6. The summed E-state index contributed by atoms with van der Waals surface area (Å²) in [7, 11) is 1.66. The summed E-state index contributed by atoms with van der Waals surface area (Å²) in [6.07, 6.45) is 13.4. The summed E-state index contributed by atoms with van der Waals surface area (Å²) in [5.74, 6) is 0. The molecule has 0 heterocycles. The molecule has 0 rings (SSSR count). The Labute approximate surface area is 80.9 Å².